The van der Waals surface area contributed by atoms with Gasteiger partial charge in [0, 0.05) is 5.88 Å². The first-order valence-electron chi connectivity index (χ1n) is 6.75. The number of ether oxygens (including phenoxy) is 1. The van der Waals surface area contributed by atoms with Crippen LogP contribution < -0.4 is 4.74 Å². The molecule has 0 heterocycles. The van der Waals surface area contributed by atoms with Crippen LogP contribution in [0.5, 0.6) is 5.75 Å². The molecule has 0 saturated heterocycles. The van der Waals surface area contributed by atoms with E-state index < -0.39 is 0 Å². The van der Waals surface area contributed by atoms with Crippen LogP contribution in [0.2, 0.25) is 5.02 Å². The molecule has 0 spiro atoms. The number of alkyl halides is 1. The van der Waals surface area contributed by atoms with E-state index in [1.807, 2.05) is 30.3 Å². The van der Waals surface area contributed by atoms with Crippen LogP contribution in [0.25, 0.3) is 0 Å². The fourth-order valence-corrected chi connectivity index (χ4v) is 2.65. The first-order chi connectivity index (χ1) is 10.1. The lowest BCUT2D eigenvalue weighted by Crippen LogP contribution is -2.10. The fraction of sp³-hybridized carbons (Fsp3) is 0.294. The van der Waals surface area contributed by atoms with Crippen LogP contribution in [0, 0.1) is 11.7 Å². The molecule has 0 aromatic heterocycles. The van der Waals surface area contributed by atoms with Crippen molar-refractivity contribution >= 4 is 23.2 Å². The summed E-state index contributed by atoms with van der Waals surface area (Å²) in [7, 11) is 1.65. The Bertz CT molecular complexity index is 601. The molecule has 2 aromatic carbocycles. The Balaban J connectivity index is 2.07. The number of halogens is 3. The molecule has 0 aliphatic rings. The summed E-state index contributed by atoms with van der Waals surface area (Å²) in [5.41, 5.74) is 2.07. The maximum Gasteiger partial charge on any atom is 0.142 e. The van der Waals surface area contributed by atoms with E-state index in [-0.39, 0.29) is 16.8 Å². The summed E-state index contributed by atoms with van der Waals surface area (Å²) in [6, 6.07) is 12.8. The van der Waals surface area contributed by atoms with Crippen molar-refractivity contribution in [3.05, 3.63) is 64.4 Å². The third-order valence-corrected chi connectivity index (χ3v) is 4.13. The Morgan fingerprint density at radius 1 is 1.10 bits per heavy atom. The summed E-state index contributed by atoms with van der Waals surface area (Å²) in [5, 5.41) is 0.147. The van der Waals surface area contributed by atoms with Crippen molar-refractivity contribution in [1.29, 1.82) is 0 Å². The van der Waals surface area contributed by atoms with Crippen molar-refractivity contribution in [2.45, 2.75) is 12.8 Å². The van der Waals surface area contributed by atoms with Crippen LogP contribution >= 0.6 is 23.2 Å². The van der Waals surface area contributed by atoms with Gasteiger partial charge in [-0.2, -0.15) is 0 Å². The molecule has 0 amide bonds. The predicted octanol–water partition coefficient (Wildman–Crippen LogP) is 5.13. The van der Waals surface area contributed by atoms with Crippen LogP contribution in [0.3, 0.4) is 0 Å². The molecule has 0 aliphatic heterocycles. The number of hydrogen-bond donors (Lipinski definition) is 0. The Morgan fingerprint density at radius 2 is 1.81 bits per heavy atom. The first-order valence-corrected chi connectivity index (χ1v) is 7.66. The van der Waals surface area contributed by atoms with Gasteiger partial charge in [-0.25, -0.2) is 4.39 Å². The van der Waals surface area contributed by atoms with Crippen molar-refractivity contribution in [2.75, 3.05) is 13.0 Å². The highest BCUT2D eigenvalue weighted by Gasteiger charge is 2.12. The molecule has 0 saturated carbocycles. The zero-order valence-electron chi connectivity index (χ0n) is 11.8. The van der Waals surface area contributed by atoms with Crippen molar-refractivity contribution in [3.8, 4) is 5.75 Å². The Kier molecular flexibility index (Phi) is 5.89. The molecular weight excluding hydrogens is 310 g/mol. The molecule has 1 atom stereocenters. The Morgan fingerprint density at radius 3 is 2.43 bits per heavy atom. The van der Waals surface area contributed by atoms with E-state index in [1.165, 1.54) is 6.07 Å². The van der Waals surface area contributed by atoms with E-state index in [0.29, 0.717) is 5.88 Å². The number of benzene rings is 2. The SMILES string of the molecule is COc1cccc(CC(CCl)Cc2ccc(Cl)c(F)c2)c1. The molecule has 0 bridgehead atoms. The highest BCUT2D eigenvalue weighted by molar-refractivity contribution is 6.30. The minimum absolute atomic E-state index is 0.147. The van der Waals surface area contributed by atoms with E-state index in [9.17, 15) is 4.39 Å². The average molecular weight is 327 g/mol. The molecule has 0 N–H and O–H groups in total. The highest BCUT2D eigenvalue weighted by Crippen LogP contribution is 2.22. The quantitative estimate of drug-likeness (QED) is 0.669. The van der Waals surface area contributed by atoms with Gasteiger partial charge in [0.1, 0.15) is 11.6 Å². The van der Waals surface area contributed by atoms with Gasteiger partial charge < -0.3 is 4.74 Å². The summed E-state index contributed by atoms with van der Waals surface area (Å²) < 4.78 is 18.7. The molecular formula is C17H17Cl2FO. The summed E-state index contributed by atoms with van der Waals surface area (Å²) in [5.74, 6) is 1.20. The molecule has 0 aliphatic carbocycles. The number of methoxy groups -OCH3 is 1. The van der Waals surface area contributed by atoms with Gasteiger partial charge in [-0.1, -0.05) is 29.8 Å². The molecule has 2 aromatic rings. The second-order valence-electron chi connectivity index (χ2n) is 5.03. The van der Waals surface area contributed by atoms with Gasteiger partial charge in [0.05, 0.1) is 12.1 Å². The van der Waals surface area contributed by atoms with Crippen molar-refractivity contribution in [2.24, 2.45) is 5.92 Å². The van der Waals surface area contributed by atoms with Gasteiger partial charge in [0.15, 0.2) is 0 Å². The largest absolute Gasteiger partial charge is 0.497 e. The van der Waals surface area contributed by atoms with Gasteiger partial charge >= 0.3 is 0 Å². The maximum absolute atomic E-state index is 13.5. The van der Waals surface area contributed by atoms with E-state index in [4.69, 9.17) is 27.9 Å². The van der Waals surface area contributed by atoms with E-state index in [2.05, 4.69) is 0 Å². The number of rotatable bonds is 6. The smallest absolute Gasteiger partial charge is 0.142 e. The molecule has 4 heteroatoms. The molecule has 21 heavy (non-hydrogen) atoms. The van der Waals surface area contributed by atoms with Crippen LogP contribution in [-0.4, -0.2) is 13.0 Å². The molecule has 0 fully saturated rings. The first kappa shape index (κ1) is 16.1. The highest BCUT2D eigenvalue weighted by atomic mass is 35.5. The van der Waals surface area contributed by atoms with Gasteiger partial charge in [-0.05, 0) is 54.2 Å². The van der Waals surface area contributed by atoms with Crippen LogP contribution in [0.15, 0.2) is 42.5 Å². The van der Waals surface area contributed by atoms with E-state index >= 15 is 0 Å². The van der Waals surface area contributed by atoms with Crippen LogP contribution in [-0.2, 0) is 12.8 Å². The molecule has 2 rings (SSSR count). The maximum atomic E-state index is 13.5. The third-order valence-electron chi connectivity index (χ3n) is 3.39. The summed E-state index contributed by atoms with van der Waals surface area (Å²) >= 11 is 11.8. The fourth-order valence-electron chi connectivity index (χ4n) is 2.31. The molecule has 112 valence electrons. The summed E-state index contributed by atoms with van der Waals surface area (Å²) in [6.45, 7) is 0. The number of hydrogen-bond acceptors (Lipinski definition) is 1. The van der Waals surface area contributed by atoms with Crippen LogP contribution in [0.4, 0.5) is 4.39 Å². The normalized spacial score (nSPS) is 12.2. The summed E-state index contributed by atoms with van der Waals surface area (Å²) in [4.78, 5) is 0. The lowest BCUT2D eigenvalue weighted by molar-refractivity contribution is 0.414. The minimum Gasteiger partial charge on any atom is -0.497 e. The molecule has 0 radical (unpaired) electrons. The lowest BCUT2D eigenvalue weighted by atomic mass is 9.94. The van der Waals surface area contributed by atoms with Gasteiger partial charge in [-0.3, -0.25) is 0 Å². The monoisotopic (exact) mass is 326 g/mol. The third kappa shape index (κ3) is 4.62. The van der Waals surface area contributed by atoms with Crippen LogP contribution in [0.1, 0.15) is 11.1 Å². The topological polar surface area (TPSA) is 9.23 Å². The van der Waals surface area contributed by atoms with Gasteiger partial charge in [-0.15, -0.1) is 11.6 Å². The molecule has 1 nitrogen and oxygen atoms in total. The average Bonchev–Trinajstić information content (AvgIpc) is 2.50. The summed E-state index contributed by atoms with van der Waals surface area (Å²) in [6.07, 6.45) is 1.54. The van der Waals surface area contributed by atoms with Gasteiger partial charge in [0.25, 0.3) is 0 Å². The van der Waals surface area contributed by atoms with Crippen molar-refractivity contribution in [3.63, 3.8) is 0 Å². The molecule has 1 unspecified atom stereocenters. The van der Waals surface area contributed by atoms with Gasteiger partial charge in [0.2, 0.25) is 0 Å². The van der Waals surface area contributed by atoms with Crippen molar-refractivity contribution < 1.29 is 9.13 Å². The standard InChI is InChI=1S/C17H17Cl2FO/c1-21-15-4-2-3-12(9-15)7-14(11-18)8-13-5-6-16(19)17(20)10-13/h2-6,9-10,14H,7-8,11H2,1H3. The zero-order valence-corrected chi connectivity index (χ0v) is 13.3. The van der Waals surface area contributed by atoms with E-state index in [0.717, 1.165) is 29.7 Å². The van der Waals surface area contributed by atoms with Crippen molar-refractivity contribution in [1.82, 2.24) is 0 Å². The second-order valence-corrected chi connectivity index (χ2v) is 5.74. The lowest BCUT2D eigenvalue weighted by Gasteiger charge is -2.15. The minimum atomic E-state index is -0.385. The second kappa shape index (κ2) is 7.67. The zero-order chi connectivity index (χ0) is 15.2. The Hall–Kier alpha value is -1.25. The predicted molar refractivity (Wildman–Crippen MR) is 86.0 cm³/mol. The van der Waals surface area contributed by atoms with E-state index in [1.54, 1.807) is 13.2 Å². The Labute approximate surface area is 134 Å².